The van der Waals surface area contributed by atoms with Crippen molar-refractivity contribution in [2.24, 2.45) is 0 Å². The molecular formula is C57H39NO2. The fraction of sp³-hybridized carbons (Fsp3) is 0.0526. The molecule has 0 aliphatic heterocycles. The lowest BCUT2D eigenvalue weighted by atomic mass is 9.82. The van der Waals surface area contributed by atoms with Gasteiger partial charge < -0.3 is 13.7 Å². The minimum Gasteiger partial charge on any atom is -0.455 e. The van der Waals surface area contributed by atoms with Crippen molar-refractivity contribution in [3.05, 3.63) is 211 Å². The zero-order valence-corrected chi connectivity index (χ0v) is 33.3. The van der Waals surface area contributed by atoms with Crippen molar-refractivity contribution >= 4 is 60.9 Å². The van der Waals surface area contributed by atoms with Crippen LogP contribution in [0.3, 0.4) is 0 Å². The smallest absolute Gasteiger partial charge is 0.143 e. The summed E-state index contributed by atoms with van der Waals surface area (Å²) in [6, 6.07) is 71.9. The highest BCUT2D eigenvalue weighted by Gasteiger charge is 2.35. The lowest BCUT2D eigenvalue weighted by Crippen LogP contribution is -2.14. The molecular weight excluding hydrogens is 731 g/mol. The number of anilines is 3. The van der Waals surface area contributed by atoms with Crippen LogP contribution in [-0.2, 0) is 5.41 Å². The number of hydrogen-bond acceptors (Lipinski definition) is 3. The topological polar surface area (TPSA) is 29.5 Å². The maximum absolute atomic E-state index is 6.44. The van der Waals surface area contributed by atoms with E-state index in [-0.39, 0.29) is 5.41 Å². The van der Waals surface area contributed by atoms with Crippen molar-refractivity contribution in [2.45, 2.75) is 19.3 Å². The van der Waals surface area contributed by atoms with Crippen molar-refractivity contribution in [3.8, 4) is 44.5 Å². The number of furan rings is 2. The van der Waals surface area contributed by atoms with Crippen LogP contribution in [0, 0.1) is 0 Å². The van der Waals surface area contributed by atoms with Crippen molar-refractivity contribution < 1.29 is 8.83 Å². The molecule has 1 aliphatic carbocycles. The molecule has 60 heavy (non-hydrogen) atoms. The van der Waals surface area contributed by atoms with Gasteiger partial charge in [0.15, 0.2) is 0 Å². The van der Waals surface area contributed by atoms with Gasteiger partial charge in [0.1, 0.15) is 22.3 Å². The number of hydrogen-bond donors (Lipinski definition) is 0. The zero-order chi connectivity index (χ0) is 40.0. The monoisotopic (exact) mass is 769 g/mol. The number of fused-ring (bicyclic) bond motifs is 9. The molecule has 9 aromatic carbocycles. The summed E-state index contributed by atoms with van der Waals surface area (Å²) >= 11 is 0. The molecule has 0 spiro atoms. The van der Waals surface area contributed by atoms with E-state index in [1.165, 1.54) is 33.4 Å². The molecule has 2 heterocycles. The molecule has 0 N–H and O–H groups in total. The Kier molecular flexibility index (Phi) is 7.58. The van der Waals surface area contributed by atoms with Crippen LogP contribution in [0.1, 0.15) is 25.0 Å². The normalized spacial score (nSPS) is 13.0. The number of nitrogens with zero attached hydrogens (tertiary/aromatic N) is 1. The average molecular weight is 770 g/mol. The molecule has 0 saturated heterocycles. The van der Waals surface area contributed by atoms with E-state index in [0.717, 1.165) is 83.2 Å². The Labute approximate surface area is 348 Å². The molecule has 0 atom stereocenters. The van der Waals surface area contributed by atoms with E-state index in [0.29, 0.717) is 0 Å². The molecule has 3 heteroatoms. The van der Waals surface area contributed by atoms with Gasteiger partial charge >= 0.3 is 0 Å². The van der Waals surface area contributed by atoms with Crippen LogP contribution < -0.4 is 4.90 Å². The van der Waals surface area contributed by atoms with Gasteiger partial charge in [-0.15, -0.1) is 0 Å². The van der Waals surface area contributed by atoms with Gasteiger partial charge in [-0.05, 0) is 99.1 Å². The molecule has 11 aromatic rings. The highest BCUT2D eigenvalue weighted by Crippen LogP contribution is 2.50. The van der Waals surface area contributed by atoms with E-state index in [1.54, 1.807) is 0 Å². The third-order valence-corrected chi connectivity index (χ3v) is 12.7. The zero-order valence-electron chi connectivity index (χ0n) is 33.3. The quantitative estimate of drug-likeness (QED) is 0.169. The summed E-state index contributed by atoms with van der Waals surface area (Å²) in [7, 11) is 0. The molecule has 0 unspecified atom stereocenters. The average Bonchev–Trinajstić information content (AvgIpc) is 3.95. The van der Waals surface area contributed by atoms with Crippen LogP contribution in [0.2, 0.25) is 0 Å². The van der Waals surface area contributed by atoms with Gasteiger partial charge in [-0.2, -0.15) is 0 Å². The molecule has 12 rings (SSSR count). The van der Waals surface area contributed by atoms with Gasteiger partial charge in [-0.25, -0.2) is 0 Å². The predicted octanol–water partition coefficient (Wildman–Crippen LogP) is 16.3. The van der Waals surface area contributed by atoms with Crippen LogP contribution in [0.5, 0.6) is 0 Å². The van der Waals surface area contributed by atoms with Gasteiger partial charge in [-0.3, -0.25) is 0 Å². The molecule has 2 aromatic heterocycles. The van der Waals surface area contributed by atoms with Crippen molar-refractivity contribution in [1.82, 2.24) is 0 Å². The van der Waals surface area contributed by atoms with E-state index in [4.69, 9.17) is 8.83 Å². The summed E-state index contributed by atoms with van der Waals surface area (Å²) in [4.78, 5) is 2.35. The maximum atomic E-state index is 6.44. The lowest BCUT2D eigenvalue weighted by molar-refractivity contribution is 0.660. The van der Waals surface area contributed by atoms with Crippen LogP contribution in [-0.4, -0.2) is 0 Å². The highest BCUT2D eigenvalue weighted by molar-refractivity contribution is 6.10. The van der Waals surface area contributed by atoms with Crippen LogP contribution in [0.25, 0.3) is 88.4 Å². The Hall–Kier alpha value is -7.62. The van der Waals surface area contributed by atoms with Gasteiger partial charge in [0.25, 0.3) is 0 Å². The summed E-state index contributed by atoms with van der Waals surface area (Å²) in [6.45, 7) is 4.67. The fourth-order valence-corrected chi connectivity index (χ4v) is 9.70. The van der Waals surface area contributed by atoms with E-state index in [1.807, 2.05) is 24.3 Å². The molecule has 3 nitrogen and oxygen atoms in total. The Morgan fingerprint density at radius 3 is 1.42 bits per heavy atom. The summed E-state index contributed by atoms with van der Waals surface area (Å²) in [5.41, 5.74) is 18.9. The third kappa shape index (κ3) is 5.29. The van der Waals surface area contributed by atoms with Crippen LogP contribution in [0.4, 0.5) is 17.1 Å². The lowest BCUT2D eigenvalue weighted by Gasteiger charge is -2.26. The summed E-state index contributed by atoms with van der Waals surface area (Å²) < 4.78 is 12.9. The first kappa shape index (κ1) is 34.4. The largest absolute Gasteiger partial charge is 0.455 e. The Morgan fingerprint density at radius 2 is 0.800 bits per heavy atom. The Balaban J connectivity index is 0.969. The molecule has 0 radical (unpaired) electrons. The number of rotatable bonds is 6. The minimum atomic E-state index is -0.0344. The van der Waals surface area contributed by atoms with E-state index in [2.05, 4.69) is 195 Å². The van der Waals surface area contributed by atoms with E-state index >= 15 is 0 Å². The molecule has 1 aliphatic rings. The van der Waals surface area contributed by atoms with Gasteiger partial charge in [0.05, 0.1) is 0 Å². The highest BCUT2D eigenvalue weighted by atomic mass is 16.3. The first-order chi connectivity index (χ1) is 29.5. The van der Waals surface area contributed by atoms with Crippen LogP contribution >= 0.6 is 0 Å². The van der Waals surface area contributed by atoms with Crippen molar-refractivity contribution in [3.63, 3.8) is 0 Å². The van der Waals surface area contributed by atoms with Crippen molar-refractivity contribution in [1.29, 1.82) is 0 Å². The first-order valence-electron chi connectivity index (χ1n) is 20.7. The molecule has 284 valence electrons. The number of para-hydroxylation sites is 4. The SMILES string of the molecule is CC1(C)c2ccccc2-c2cc(-c3cccc(N(c4ccc(-c5cccc6c5oc5ccccc56)cc4)c4ccc(-c5cccc6c5oc5ccccc56)cc4)c3)ccc21. The summed E-state index contributed by atoms with van der Waals surface area (Å²) in [6.07, 6.45) is 0. The van der Waals surface area contributed by atoms with Gasteiger partial charge in [0.2, 0.25) is 0 Å². The Morgan fingerprint density at radius 1 is 0.333 bits per heavy atom. The molecule has 0 bridgehead atoms. The molecule has 0 fully saturated rings. The van der Waals surface area contributed by atoms with Gasteiger partial charge in [0, 0.05) is 55.1 Å². The third-order valence-electron chi connectivity index (χ3n) is 12.7. The van der Waals surface area contributed by atoms with E-state index in [9.17, 15) is 0 Å². The molecule has 0 amide bonds. The maximum Gasteiger partial charge on any atom is 0.143 e. The second-order valence-electron chi connectivity index (χ2n) is 16.5. The summed E-state index contributed by atoms with van der Waals surface area (Å²) in [5.74, 6) is 0. The second kappa shape index (κ2) is 13.2. The predicted molar refractivity (Wildman–Crippen MR) is 250 cm³/mol. The van der Waals surface area contributed by atoms with Crippen LogP contribution in [0.15, 0.2) is 209 Å². The second-order valence-corrected chi connectivity index (χ2v) is 16.5. The first-order valence-corrected chi connectivity index (χ1v) is 20.7. The summed E-state index contributed by atoms with van der Waals surface area (Å²) in [5, 5.41) is 4.52. The van der Waals surface area contributed by atoms with Gasteiger partial charge in [-0.1, -0.05) is 159 Å². The minimum absolute atomic E-state index is 0.0344. The standard InChI is InChI=1S/C57H39NO2/c1-57(2)51-21-6-3-14-45(51)50-35-39(28-33-52(50)57)38-12-9-13-42(34-38)58(40-29-24-36(25-30-40)43-17-10-19-48-46-15-4-7-22-53(46)59-55(43)48)41-31-26-37(27-32-41)44-18-11-20-49-47-16-5-8-23-54(47)60-56(44)49/h3-35H,1-2H3. The van der Waals surface area contributed by atoms with Crippen molar-refractivity contribution in [2.75, 3.05) is 4.90 Å². The molecule has 0 saturated carbocycles. The van der Waals surface area contributed by atoms with E-state index < -0.39 is 0 Å². The fourth-order valence-electron chi connectivity index (χ4n) is 9.70. The number of benzene rings is 9. The Bertz CT molecular complexity index is 3300.